The fourth-order valence-electron chi connectivity index (χ4n) is 5.23. The van der Waals surface area contributed by atoms with Gasteiger partial charge in [-0.25, -0.2) is 12.8 Å². The van der Waals surface area contributed by atoms with Crippen molar-refractivity contribution in [3.63, 3.8) is 0 Å². The Hall–Kier alpha value is -3.57. The number of halogens is 6. The van der Waals surface area contributed by atoms with E-state index < -0.39 is 46.0 Å². The van der Waals surface area contributed by atoms with E-state index in [-0.39, 0.29) is 31.0 Å². The molecule has 0 amide bonds. The van der Waals surface area contributed by atoms with Crippen LogP contribution in [0.3, 0.4) is 0 Å². The molecule has 1 unspecified atom stereocenters. The minimum Gasteiger partial charge on any atom is -0.472 e. The van der Waals surface area contributed by atoms with Crippen LogP contribution in [0.2, 0.25) is 0 Å². The quantitative estimate of drug-likeness (QED) is 0.288. The second-order valence-corrected chi connectivity index (χ2v) is 12.4. The van der Waals surface area contributed by atoms with Gasteiger partial charge in [-0.05, 0) is 43.7 Å². The van der Waals surface area contributed by atoms with Crippen molar-refractivity contribution in [1.82, 2.24) is 9.47 Å². The fourth-order valence-corrected chi connectivity index (χ4v) is 6.10. The molecule has 3 atom stereocenters. The van der Waals surface area contributed by atoms with Crippen molar-refractivity contribution in [3.05, 3.63) is 53.7 Å². The Morgan fingerprint density at radius 2 is 1.88 bits per heavy atom. The van der Waals surface area contributed by atoms with Crippen molar-refractivity contribution < 1.29 is 39.5 Å². The molecule has 14 heteroatoms. The van der Waals surface area contributed by atoms with E-state index >= 15 is 0 Å². The van der Waals surface area contributed by atoms with Crippen molar-refractivity contribution in [2.75, 3.05) is 37.3 Å². The Morgan fingerprint density at radius 1 is 1.14 bits per heavy atom. The molecule has 5 rings (SSSR count). The molecule has 3 heterocycles. The molecule has 226 valence electrons. The molecular weight excluding hydrogens is 586 g/mol. The predicted octanol–water partition coefficient (Wildman–Crippen LogP) is 5.02. The summed E-state index contributed by atoms with van der Waals surface area (Å²) in [6, 6.07) is 10.6. The summed E-state index contributed by atoms with van der Waals surface area (Å²) in [5.41, 5.74) is -0.0842. The number of hydrogen-bond acceptors (Lipinski definition) is 6. The highest BCUT2D eigenvalue weighted by atomic mass is 32.2. The number of piperidine rings is 1. The highest BCUT2D eigenvalue weighted by molar-refractivity contribution is 7.92. The molecule has 3 aromatic rings. The SMILES string of the molecule is CN1CC[C@@H](Nc2cccc3c2cc(C#CCNc2cccc4c2OC(S(=O)(=O)C(F)F)C4)n3CC(F)(F)F)[C@@H](F)C1. The van der Waals surface area contributed by atoms with E-state index in [9.17, 15) is 34.8 Å². The lowest BCUT2D eigenvalue weighted by atomic mass is 10.0. The topological polar surface area (TPSA) is 75.6 Å². The number of likely N-dealkylation sites (tertiary alicyclic amines) is 1. The van der Waals surface area contributed by atoms with Crippen LogP contribution in [0.25, 0.3) is 10.9 Å². The maximum absolute atomic E-state index is 14.7. The van der Waals surface area contributed by atoms with Gasteiger partial charge in [0.15, 0.2) is 0 Å². The Labute approximate surface area is 238 Å². The molecule has 42 heavy (non-hydrogen) atoms. The van der Waals surface area contributed by atoms with Crippen molar-refractivity contribution in [1.29, 1.82) is 0 Å². The minimum absolute atomic E-state index is 0.0656. The van der Waals surface area contributed by atoms with E-state index in [0.29, 0.717) is 40.8 Å². The number of para-hydroxylation sites is 1. The van der Waals surface area contributed by atoms with Crippen LogP contribution in [-0.2, 0) is 22.8 Å². The normalized spacial score (nSPS) is 21.1. The molecule has 1 fully saturated rings. The lowest BCUT2D eigenvalue weighted by Gasteiger charge is -2.33. The predicted molar refractivity (Wildman–Crippen MR) is 147 cm³/mol. The standard InChI is InChI=1S/C28H28F6N4O3S/c1-37-12-10-22(20(29)15-37)36-21-7-3-9-24-19(21)14-18(38(24)16-28(32,33)34)6-4-11-35-23-8-2-5-17-13-25(41-26(17)23)42(39,40)27(30)31/h2-3,5,7-9,14,20,22,25,27,35-36H,10-13,15-16H2,1H3/t20-,22+,25?/m0/s1. The van der Waals surface area contributed by atoms with Crippen molar-refractivity contribution in [3.8, 4) is 17.6 Å². The van der Waals surface area contributed by atoms with Crippen LogP contribution in [0.1, 0.15) is 17.7 Å². The molecule has 7 nitrogen and oxygen atoms in total. The lowest BCUT2D eigenvalue weighted by molar-refractivity contribution is -0.140. The minimum atomic E-state index is -4.81. The van der Waals surface area contributed by atoms with Crippen molar-refractivity contribution in [2.45, 2.75) is 49.0 Å². The molecule has 2 N–H and O–H groups in total. The summed E-state index contributed by atoms with van der Waals surface area (Å²) in [6.45, 7) is -0.405. The number of sulfone groups is 1. The van der Waals surface area contributed by atoms with Gasteiger partial charge in [-0.2, -0.15) is 22.0 Å². The van der Waals surface area contributed by atoms with Gasteiger partial charge in [-0.15, -0.1) is 0 Å². The zero-order valence-corrected chi connectivity index (χ0v) is 23.2. The zero-order valence-electron chi connectivity index (χ0n) is 22.4. The number of nitrogens with zero attached hydrogens (tertiary/aromatic N) is 2. The molecule has 1 aromatic heterocycles. The van der Waals surface area contributed by atoms with Gasteiger partial charge in [0.05, 0.1) is 29.5 Å². The van der Waals surface area contributed by atoms with Gasteiger partial charge in [-0.1, -0.05) is 24.1 Å². The van der Waals surface area contributed by atoms with E-state index in [1.165, 1.54) is 6.07 Å². The van der Waals surface area contributed by atoms with E-state index in [1.54, 1.807) is 36.4 Å². The smallest absolute Gasteiger partial charge is 0.406 e. The summed E-state index contributed by atoms with van der Waals surface area (Å²) in [7, 11) is -2.98. The van der Waals surface area contributed by atoms with Gasteiger partial charge in [0.1, 0.15) is 18.5 Å². The van der Waals surface area contributed by atoms with Crippen LogP contribution >= 0.6 is 0 Å². The van der Waals surface area contributed by atoms with Gasteiger partial charge in [0.2, 0.25) is 15.3 Å². The molecule has 0 saturated carbocycles. The maximum atomic E-state index is 14.7. The summed E-state index contributed by atoms with van der Waals surface area (Å²) in [5, 5.41) is 6.57. The van der Waals surface area contributed by atoms with Crippen LogP contribution in [0.4, 0.5) is 37.7 Å². The van der Waals surface area contributed by atoms with Crippen LogP contribution in [0, 0.1) is 11.8 Å². The number of alkyl halides is 6. The second kappa shape index (κ2) is 11.6. The van der Waals surface area contributed by atoms with Crippen molar-refractivity contribution in [2.24, 2.45) is 0 Å². The van der Waals surface area contributed by atoms with Crippen molar-refractivity contribution >= 4 is 32.1 Å². The van der Waals surface area contributed by atoms with E-state index in [0.717, 1.165) is 4.57 Å². The van der Waals surface area contributed by atoms with Crippen LogP contribution < -0.4 is 15.4 Å². The summed E-state index contributed by atoms with van der Waals surface area (Å²) in [5.74, 6) is 2.06. The monoisotopic (exact) mass is 614 g/mol. The summed E-state index contributed by atoms with van der Waals surface area (Å²) >= 11 is 0. The van der Waals surface area contributed by atoms with Gasteiger partial charge in [0, 0.05) is 36.1 Å². The molecule has 2 aliphatic rings. The molecule has 1 saturated heterocycles. The number of anilines is 2. The number of nitrogens with one attached hydrogen (secondary N) is 2. The number of aromatic nitrogens is 1. The maximum Gasteiger partial charge on any atom is 0.406 e. The van der Waals surface area contributed by atoms with E-state index in [2.05, 4.69) is 22.5 Å². The van der Waals surface area contributed by atoms with Gasteiger partial charge in [-0.3, -0.25) is 0 Å². The first-order chi connectivity index (χ1) is 19.8. The molecule has 0 spiro atoms. The third-order valence-corrected chi connectivity index (χ3v) is 8.79. The average molecular weight is 615 g/mol. The Bertz CT molecular complexity index is 1630. The van der Waals surface area contributed by atoms with Crippen LogP contribution in [0.15, 0.2) is 42.5 Å². The van der Waals surface area contributed by atoms with Crippen LogP contribution in [0.5, 0.6) is 5.75 Å². The number of hydrogen-bond donors (Lipinski definition) is 2. The molecular formula is C28H28F6N4O3S. The van der Waals surface area contributed by atoms with Gasteiger partial charge >= 0.3 is 11.9 Å². The number of benzene rings is 2. The first-order valence-electron chi connectivity index (χ1n) is 13.1. The number of ether oxygens (including phenoxy) is 1. The molecule has 0 bridgehead atoms. The molecule has 0 aliphatic carbocycles. The highest BCUT2D eigenvalue weighted by Crippen LogP contribution is 2.38. The molecule has 2 aliphatic heterocycles. The zero-order chi connectivity index (χ0) is 30.2. The third-order valence-electron chi connectivity index (χ3n) is 7.30. The Balaban J connectivity index is 1.38. The highest BCUT2D eigenvalue weighted by Gasteiger charge is 2.41. The number of rotatable bonds is 7. The first kappa shape index (κ1) is 29.9. The second-order valence-electron chi connectivity index (χ2n) is 10.3. The van der Waals surface area contributed by atoms with E-state index in [1.807, 2.05) is 11.9 Å². The summed E-state index contributed by atoms with van der Waals surface area (Å²) in [6.07, 6.45) is -5.37. The van der Waals surface area contributed by atoms with Crippen LogP contribution in [-0.4, -0.2) is 74.2 Å². The Kier molecular flexibility index (Phi) is 8.26. The third kappa shape index (κ3) is 6.27. The first-order valence-corrected chi connectivity index (χ1v) is 14.7. The van der Waals surface area contributed by atoms with E-state index in [4.69, 9.17) is 4.74 Å². The van der Waals surface area contributed by atoms with Gasteiger partial charge in [0.25, 0.3) is 0 Å². The summed E-state index contributed by atoms with van der Waals surface area (Å²) in [4.78, 5) is 1.88. The molecule has 2 aromatic carbocycles. The molecule has 0 radical (unpaired) electrons. The number of fused-ring (bicyclic) bond motifs is 2. The average Bonchev–Trinajstić information content (AvgIpc) is 3.50. The largest absolute Gasteiger partial charge is 0.472 e. The fraction of sp³-hybridized carbons (Fsp3) is 0.429. The van der Waals surface area contributed by atoms with Gasteiger partial charge < -0.3 is 24.8 Å². The summed E-state index contributed by atoms with van der Waals surface area (Å²) < 4.78 is 111. The Morgan fingerprint density at radius 3 is 2.60 bits per heavy atom. The lowest BCUT2D eigenvalue weighted by Crippen LogP contribution is -2.46.